The fraction of sp³-hybridized carbons (Fsp3) is 0.519. The highest BCUT2D eigenvalue weighted by Crippen LogP contribution is 2.28. The highest BCUT2D eigenvalue weighted by molar-refractivity contribution is 5.94. The van der Waals surface area contributed by atoms with Crippen LogP contribution in [0, 0.1) is 0 Å². The third-order valence-corrected chi connectivity index (χ3v) is 7.36. The Hall–Kier alpha value is -2.33. The van der Waals surface area contributed by atoms with E-state index >= 15 is 0 Å². The predicted molar refractivity (Wildman–Crippen MR) is 124 cm³/mol. The first-order chi connectivity index (χ1) is 15.3. The summed E-state index contributed by atoms with van der Waals surface area (Å²) in [6.07, 6.45) is 9.58. The number of amides is 1. The van der Waals surface area contributed by atoms with Crippen LogP contribution in [-0.2, 0) is 12.8 Å². The third kappa shape index (κ3) is 4.79. The molecule has 3 aliphatic rings. The number of nitrogens with zero attached hydrogens (tertiary/aromatic N) is 2. The SMILES string of the molecule is O=C(c1ccc(OC2CCN(C3CCc4ccccc4C3)CC2)cc1)N1CCCCC1. The molecule has 1 unspecified atom stereocenters. The minimum atomic E-state index is 0.161. The second-order valence-electron chi connectivity index (χ2n) is 9.40. The molecule has 2 saturated heterocycles. The van der Waals surface area contributed by atoms with Crippen LogP contribution in [0.4, 0.5) is 0 Å². The maximum atomic E-state index is 12.6. The summed E-state index contributed by atoms with van der Waals surface area (Å²) in [7, 11) is 0. The smallest absolute Gasteiger partial charge is 0.253 e. The van der Waals surface area contributed by atoms with E-state index in [9.17, 15) is 4.79 Å². The van der Waals surface area contributed by atoms with Crippen molar-refractivity contribution < 1.29 is 9.53 Å². The number of rotatable bonds is 4. The molecule has 2 fully saturated rings. The van der Waals surface area contributed by atoms with E-state index in [-0.39, 0.29) is 12.0 Å². The Labute approximate surface area is 186 Å². The number of benzene rings is 2. The molecule has 4 heteroatoms. The maximum Gasteiger partial charge on any atom is 0.253 e. The molecule has 164 valence electrons. The zero-order valence-electron chi connectivity index (χ0n) is 18.5. The number of ether oxygens (including phenoxy) is 1. The Morgan fingerprint density at radius 2 is 1.52 bits per heavy atom. The van der Waals surface area contributed by atoms with Gasteiger partial charge in [-0.2, -0.15) is 0 Å². The maximum absolute atomic E-state index is 12.6. The zero-order valence-corrected chi connectivity index (χ0v) is 18.5. The Morgan fingerprint density at radius 3 is 2.26 bits per heavy atom. The van der Waals surface area contributed by atoms with Crippen molar-refractivity contribution in [2.45, 2.75) is 63.5 Å². The number of aryl methyl sites for hydroxylation is 1. The lowest BCUT2D eigenvalue weighted by Gasteiger charge is -2.39. The molecule has 5 rings (SSSR count). The molecule has 0 aromatic heterocycles. The molecule has 2 aromatic rings. The van der Waals surface area contributed by atoms with E-state index in [1.165, 1.54) is 31.2 Å². The molecule has 31 heavy (non-hydrogen) atoms. The van der Waals surface area contributed by atoms with E-state index in [4.69, 9.17) is 4.74 Å². The molecule has 2 heterocycles. The van der Waals surface area contributed by atoms with Crippen LogP contribution < -0.4 is 4.74 Å². The monoisotopic (exact) mass is 418 g/mol. The summed E-state index contributed by atoms with van der Waals surface area (Å²) < 4.78 is 6.28. The Kier molecular flexibility index (Phi) is 6.26. The standard InChI is InChI=1S/C27H34N2O2/c30-27(29-16-4-1-5-17-29)22-9-12-25(13-10-22)31-26-14-18-28(19-15-26)24-11-8-21-6-2-3-7-23(21)20-24/h2-3,6-7,9-10,12-13,24,26H,1,4-5,8,11,14-20H2. The number of fused-ring (bicyclic) bond motifs is 1. The summed E-state index contributed by atoms with van der Waals surface area (Å²) in [6.45, 7) is 4.01. The normalized spacial score (nSPS) is 22.7. The lowest BCUT2D eigenvalue weighted by Crippen LogP contribution is -2.46. The van der Waals surface area contributed by atoms with Crippen molar-refractivity contribution in [2.75, 3.05) is 26.2 Å². The molecule has 0 N–H and O–H groups in total. The van der Waals surface area contributed by atoms with Crippen molar-refractivity contribution in [3.63, 3.8) is 0 Å². The Balaban J connectivity index is 1.11. The number of carbonyl (C=O) groups is 1. The zero-order chi connectivity index (χ0) is 21.0. The Bertz CT molecular complexity index is 880. The molecule has 1 atom stereocenters. The van der Waals surface area contributed by atoms with Gasteiger partial charge in [-0.3, -0.25) is 9.69 Å². The molecule has 0 bridgehead atoms. The first-order valence-corrected chi connectivity index (χ1v) is 12.1. The van der Waals surface area contributed by atoms with Crippen molar-refractivity contribution >= 4 is 5.91 Å². The third-order valence-electron chi connectivity index (χ3n) is 7.36. The lowest BCUT2D eigenvalue weighted by molar-refractivity contribution is 0.0706. The van der Waals surface area contributed by atoms with Gasteiger partial charge < -0.3 is 9.64 Å². The van der Waals surface area contributed by atoms with Crippen molar-refractivity contribution in [1.29, 1.82) is 0 Å². The van der Waals surface area contributed by atoms with Crippen molar-refractivity contribution in [1.82, 2.24) is 9.80 Å². The number of hydrogen-bond acceptors (Lipinski definition) is 3. The first kappa shape index (κ1) is 20.6. The van der Waals surface area contributed by atoms with Crippen LogP contribution in [0.25, 0.3) is 0 Å². The number of likely N-dealkylation sites (tertiary alicyclic amines) is 2. The molecular formula is C27H34N2O2. The number of piperidine rings is 2. The molecule has 0 saturated carbocycles. The summed E-state index contributed by atoms with van der Waals surface area (Å²) >= 11 is 0. The first-order valence-electron chi connectivity index (χ1n) is 12.1. The molecule has 2 aliphatic heterocycles. The molecular weight excluding hydrogens is 384 g/mol. The van der Waals surface area contributed by atoms with Crippen LogP contribution in [0.15, 0.2) is 48.5 Å². The average Bonchev–Trinajstić information content (AvgIpc) is 2.85. The van der Waals surface area contributed by atoms with E-state index in [0.717, 1.165) is 63.2 Å². The molecule has 4 nitrogen and oxygen atoms in total. The molecule has 0 radical (unpaired) electrons. The van der Waals surface area contributed by atoms with Gasteiger partial charge in [-0.05, 0) is 86.8 Å². The number of carbonyl (C=O) groups excluding carboxylic acids is 1. The highest BCUT2D eigenvalue weighted by Gasteiger charge is 2.28. The average molecular weight is 419 g/mol. The van der Waals surface area contributed by atoms with Gasteiger partial charge in [0.1, 0.15) is 11.9 Å². The van der Waals surface area contributed by atoms with E-state index in [0.29, 0.717) is 6.04 Å². The summed E-state index contributed by atoms with van der Waals surface area (Å²) in [5.41, 5.74) is 3.86. The summed E-state index contributed by atoms with van der Waals surface area (Å²) in [4.78, 5) is 17.3. The van der Waals surface area contributed by atoms with Gasteiger partial charge in [0, 0.05) is 37.8 Å². The Morgan fingerprint density at radius 1 is 0.806 bits per heavy atom. The van der Waals surface area contributed by atoms with Gasteiger partial charge in [-0.25, -0.2) is 0 Å². The van der Waals surface area contributed by atoms with Crippen molar-refractivity contribution in [3.8, 4) is 5.75 Å². The van der Waals surface area contributed by atoms with E-state index in [1.54, 1.807) is 5.56 Å². The van der Waals surface area contributed by atoms with Gasteiger partial charge in [-0.15, -0.1) is 0 Å². The second-order valence-corrected chi connectivity index (χ2v) is 9.40. The van der Waals surface area contributed by atoms with Gasteiger partial charge in [0.25, 0.3) is 5.91 Å². The fourth-order valence-corrected chi connectivity index (χ4v) is 5.50. The second kappa shape index (κ2) is 9.44. The van der Waals surface area contributed by atoms with Crippen LogP contribution >= 0.6 is 0 Å². The van der Waals surface area contributed by atoms with E-state index in [2.05, 4.69) is 29.2 Å². The quantitative estimate of drug-likeness (QED) is 0.721. The van der Waals surface area contributed by atoms with Gasteiger partial charge >= 0.3 is 0 Å². The van der Waals surface area contributed by atoms with E-state index < -0.39 is 0 Å². The lowest BCUT2D eigenvalue weighted by atomic mass is 9.86. The molecule has 1 aliphatic carbocycles. The highest BCUT2D eigenvalue weighted by atomic mass is 16.5. The van der Waals surface area contributed by atoms with E-state index in [1.807, 2.05) is 29.2 Å². The van der Waals surface area contributed by atoms with Crippen molar-refractivity contribution in [3.05, 3.63) is 65.2 Å². The summed E-state index contributed by atoms with van der Waals surface area (Å²) in [5, 5.41) is 0. The summed E-state index contributed by atoms with van der Waals surface area (Å²) in [5.74, 6) is 1.05. The topological polar surface area (TPSA) is 32.8 Å². The van der Waals surface area contributed by atoms with Gasteiger partial charge in [0.05, 0.1) is 0 Å². The minimum Gasteiger partial charge on any atom is -0.490 e. The van der Waals surface area contributed by atoms with Crippen LogP contribution in [-0.4, -0.2) is 54.0 Å². The van der Waals surface area contributed by atoms with Gasteiger partial charge in [0.15, 0.2) is 0 Å². The van der Waals surface area contributed by atoms with Crippen LogP contribution in [0.2, 0.25) is 0 Å². The molecule has 1 amide bonds. The van der Waals surface area contributed by atoms with Crippen molar-refractivity contribution in [2.24, 2.45) is 0 Å². The van der Waals surface area contributed by atoms with Crippen LogP contribution in [0.5, 0.6) is 5.75 Å². The predicted octanol–water partition coefficient (Wildman–Crippen LogP) is 4.71. The molecule has 2 aromatic carbocycles. The van der Waals surface area contributed by atoms with Crippen LogP contribution in [0.3, 0.4) is 0 Å². The minimum absolute atomic E-state index is 0.161. The summed E-state index contributed by atoms with van der Waals surface area (Å²) in [6, 6.07) is 17.4. The van der Waals surface area contributed by atoms with Crippen LogP contribution in [0.1, 0.15) is 60.0 Å². The van der Waals surface area contributed by atoms with Gasteiger partial charge in [0.2, 0.25) is 0 Å². The number of hydrogen-bond donors (Lipinski definition) is 0. The largest absolute Gasteiger partial charge is 0.490 e. The van der Waals surface area contributed by atoms with Gasteiger partial charge in [-0.1, -0.05) is 24.3 Å². The molecule has 0 spiro atoms. The fourth-order valence-electron chi connectivity index (χ4n) is 5.50.